The highest BCUT2D eigenvalue weighted by molar-refractivity contribution is 7.15. The molecule has 3 rings (SSSR count). The lowest BCUT2D eigenvalue weighted by atomic mass is 10.1. The quantitative estimate of drug-likeness (QED) is 0.825. The smallest absolute Gasteiger partial charge is 0.323 e. The molecule has 0 bridgehead atoms. The lowest BCUT2D eigenvalue weighted by Gasteiger charge is -2.22. The Bertz CT molecular complexity index is 532. The van der Waals surface area contributed by atoms with E-state index in [1.54, 1.807) is 11.3 Å². The molecule has 134 valence electrons. The molecule has 0 radical (unpaired) electrons. The van der Waals surface area contributed by atoms with Gasteiger partial charge in [0.25, 0.3) is 0 Å². The van der Waals surface area contributed by atoms with Gasteiger partial charge < -0.3 is 9.80 Å². The average molecular weight is 351 g/mol. The van der Waals surface area contributed by atoms with Gasteiger partial charge in [0.15, 0.2) is 5.13 Å². The first-order chi connectivity index (χ1) is 11.7. The number of aryl methyl sites for hydroxylation is 2. The summed E-state index contributed by atoms with van der Waals surface area (Å²) in [5.41, 5.74) is 1.22. The van der Waals surface area contributed by atoms with Gasteiger partial charge >= 0.3 is 6.03 Å². The number of nitrogens with zero attached hydrogens (tertiary/aromatic N) is 3. The van der Waals surface area contributed by atoms with Crippen molar-refractivity contribution in [2.75, 3.05) is 38.0 Å². The Morgan fingerprint density at radius 3 is 2.88 bits per heavy atom. The summed E-state index contributed by atoms with van der Waals surface area (Å²) in [6, 6.07) is 0.0287. The zero-order valence-corrected chi connectivity index (χ0v) is 15.8. The molecule has 1 aromatic rings. The molecule has 0 saturated carbocycles. The van der Waals surface area contributed by atoms with Crippen LogP contribution >= 0.6 is 11.3 Å². The molecule has 24 heavy (non-hydrogen) atoms. The molecule has 1 aliphatic heterocycles. The summed E-state index contributed by atoms with van der Waals surface area (Å²) in [5, 5.41) is 3.83. The largest absolute Gasteiger partial charge is 0.324 e. The number of fused-ring (bicyclic) bond motifs is 1. The van der Waals surface area contributed by atoms with Crippen molar-refractivity contribution in [3.05, 3.63) is 10.6 Å². The molecular formula is C18H30N4OS. The molecule has 1 aromatic heterocycles. The summed E-state index contributed by atoms with van der Waals surface area (Å²) in [5.74, 6) is 0.601. The molecule has 2 amide bonds. The van der Waals surface area contributed by atoms with Crippen LogP contribution in [0, 0.1) is 5.92 Å². The van der Waals surface area contributed by atoms with Crippen molar-refractivity contribution in [2.24, 2.45) is 5.92 Å². The molecule has 0 aromatic carbocycles. The van der Waals surface area contributed by atoms with Gasteiger partial charge in [0, 0.05) is 24.5 Å². The van der Waals surface area contributed by atoms with E-state index >= 15 is 0 Å². The van der Waals surface area contributed by atoms with Crippen molar-refractivity contribution >= 4 is 22.5 Å². The number of hydrogen-bond acceptors (Lipinski definition) is 4. The monoisotopic (exact) mass is 350 g/mol. The minimum Gasteiger partial charge on any atom is -0.324 e. The predicted molar refractivity (Wildman–Crippen MR) is 99.9 cm³/mol. The van der Waals surface area contributed by atoms with Crippen molar-refractivity contribution in [3.63, 3.8) is 0 Å². The minimum absolute atomic E-state index is 0.0287. The van der Waals surface area contributed by atoms with Gasteiger partial charge in [0.1, 0.15) is 0 Å². The molecule has 1 N–H and O–H groups in total. The molecular weight excluding hydrogens is 320 g/mol. The number of carbonyl (C=O) groups is 1. The number of nitrogens with one attached hydrogen (secondary N) is 1. The number of aromatic nitrogens is 1. The number of rotatable bonds is 5. The second-order valence-electron chi connectivity index (χ2n) is 6.97. The van der Waals surface area contributed by atoms with E-state index in [2.05, 4.69) is 29.0 Å². The predicted octanol–water partition coefficient (Wildman–Crippen LogP) is 3.61. The standard InChI is InChI=1S/C18H30N4OS/c1-3-21(4-2)12-14-10-11-22(13-14)18(23)20-17-19-15-8-6-5-7-9-16(15)24-17/h14H,3-13H2,1-2H3,(H,19,20,23). The number of likely N-dealkylation sites (tertiary alicyclic amines) is 1. The van der Waals surface area contributed by atoms with E-state index in [4.69, 9.17) is 0 Å². The van der Waals surface area contributed by atoms with Gasteiger partial charge in [-0.2, -0.15) is 0 Å². The fraction of sp³-hybridized carbons (Fsp3) is 0.778. The van der Waals surface area contributed by atoms with E-state index in [0.29, 0.717) is 5.92 Å². The minimum atomic E-state index is 0.0287. The SMILES string of the molecule is CCN(CC)CC1CCN(C(=O)Nc2nc3c(s2)CCCCC3)C1. The first-order valence-corrected chi connectivity index (χ1v) is 10.3. The van der Waals surface area contributed by atoms with Crippen LogP contribution in [0.4, 0.5) is 9.93 Å². The third kappa shape index (κ3) is 4.28. The van der Waals surface area contributed by atoms with Gasteiger partial charge in [-0.05, 0) is 51.1 Å². The zero-order chi connectivity index (χ0) is 16.9. The van der Waals surface area contributed by atoms with Crippen LogP contribution in [-0.4, -0.2) is 53.5 Å². The van der Waals surface area contributed by atoms with Gasteiger partial charge in [-0.25, -0.2) is 9.78 Å². The lowest BCUT2D eigenvalue weighted by molar-refractivity contribution is 0.215. The Labute approximate surface area is 149 Å². The normalized spacial score (nSPS) is 21.0. The van der Waals surface area contributed by atoms with Crippen molar-refractivity contribution < 1.29 is 4.79 Å². The Hall–Kier alpha value is -1.14. The van der Waals surface area contributed by atoms with Crippen LogP contribution in [0.5, 0.6) is 0 Å². The topological polar surface area (TPSA) is 48.5 Å². The van der Waals surface area contributed by atoms with Crippen molar-refractivity contribution in [3.8, 4) is 0 Å². The summed E-state index contributed by atoms with van der Waals surface area (Å²) in [7, 11) is 0. The van der Waals surface area contributed by atoms with Gasteiger partial charge in [0.2, 0.25) is 0 Å². The van der Waals surface area contributed by atoms with Gasteiger partial charge in [0.05, 0.1) is 5.69 Å². The lowest BCUT2D eigenvalue weighted by Crippen LogP contribution is -2.35. The Balaban J connectivity index is 1.52. The summed E-state index contributed by atoms with van der Waals surface area (Å²) < 4.78 is 0. The Morgan fingerprint density at radius 1 is 1.29 bits per heavy atom. The molecule has 1 saturated heterocycles. The van der Waals surface area contributed by atoms with E-state index in [9.17, 15) is 4.79 Å². The van der Waals surface area contributed by atoms with Crippen molar-refractivity contribution in [2.45, 2.75) is 52.4 Å². The third-order valence-electron chi connectivity index (χ3n) is 5.29. The number of urea groups is 1. The maximum absolute atomic E-state index is 12.5. The van der Waals surface area contributed by atoms with E-state index in [-0.39, 0.29) is 6.03 Å². The number of amides is 2. The zero-order valence-electron chi connectivity index (χ0n) is 15.0. The molecule has 5 nitrogen and oxygen atoms in total. The van der Waals surface area contributed by atoms with Crippen LogP contribution in [0.15, 0.2) is 0 Å². The average Bonchev–Trinajstić information content (AvgIpc) is 3.14. The summed E-state index contributed by atoms with van der Waals surface area (Å²) in [4.78, 5) is 23.0. The van der Waals surface area contributed by atoms with E-state index in [1.807, 2.05) is 4.90 Å². The van der Waals surface area contributed by atoms with Gasteiger partial charge in [-0.1, -0.05) is 20.3 Å². The van der Waals surface area contributed by atoms with E-state index < -0.39 is 0 Å². The number of thiazole rings is 1. The molecule has 6 heteroatoms. The van der Waals surface area contributed by atoms with E-state index in [0.717, 1.165) is 57.1 Å². The van der Waals surface area contributed by atoms with Gasteiger partial charge in [-0.15, -0.1) is 11.3 Å². The highest BCUT2D eigenvalue weighted by Gasteiger charge is 2.28. The fourth-order valence-corrected chi connectivity index (χ4v) is 4.81. The maximum atomic E-state index is 12.5. The summed E-state index contributed by atoms with van der Waals surface area (Å²) in [6.07, 6.45) is 7.08. The molecule has 2 heterocycles. The van der Waals surface area contributed by atoms with Crippen molar-refractivity contribution in [1.29, 1.82) is 0 Å². The molecule has 1 unspecified atom stereocenters. The number of hydrogen-bond donors (Lipinski definition) is 1. The number of carbonyl (C=O) groups excluding carboxylic acids is 1. The second-order valence-corrected chi connectivity index (χ2v) is 8.05. The molecule has 1 atom stereocenters. The van der Waals surface area contributed by atoms with Crippen molar-refractivity contribution in [1.82, 2.24) is 14.8 Å². The molecule has 0 spiro atoms. The first kappa shape index (κ1) is 17.7. The van der Waals surface area contributed by atoms with Crippen LogP contribution in [0.2, 0.25) is 0 Å². The maximum Gasteiger partial charge on any atom is 0.323 e. The highest BCUT2D eigenvalue weighted by atomic mass is 32.1. The first-order valence-electron chi connectivity index (χ1n) is 9.46. The summed E-state index contributed by atoms with van der Waals surface area (Å²) in [6.45, 7) is 9.41. The van der Waals surface area contributed by atoms with Crippen LogP contribution in [0.3, 0.4) is 0 Å². The Morgan fingerprint density at radius 2 is 2.08 bits per heavy atom. The number of anilines is 1. The fourth-order valence-electron chi connectivity index (χ4n) is 3.77. The molecule has 1 fully saturated rings. The van der Waals surface area contributed by atoms with Crippen LogP contribution in [0.1, 0.15) is 50.1 Å². The third-order valence-corrected chi connectivity index (χ3v) is 6.37. The van der Waals surface area contributed by atoms with Crippen LogP contribution in [0.25, 0.3) is 0 Å². The summed E-state index contributed by atoms with van der Waals surface area (Å²) >= 11 is 1.68. The van der Waals surface area contributed by atoms with Gasteiger partial charge in [-0.3, -0.25) is 5.32 Å². The van der Waals surface area contributed by atoms with E-state index in [1.165, 1.54) is 29.8 Å². The Kier molecular flexibility index (Phi) is 6.11. The second kappa shape index (κ2) is 8.30. The molecule has 2 aliphatic rings. The van der Waals surface area contributed by atoms with Crippen LogP contribution < -0.4 is 5.32 Å². The molecule has 1 aliphatic carbocycles. The highest BCUT2D eigenvalue weighted by Crippen LogP contribution is 2.29. The van der Waals surface area contributed by atoms with Crippen LogP contribution in [-0.2, 0) is 12.8 Å².